The van der Waals surface area contributed by atoms with Crippen LogP contribution in [-0.2, 0) is 9.53 Å². The molecule has 2 aliphatic rings. The van der Waals surface area contributed by atoms with Crippen molar-refractivity contribution in [2.24, 2.45) is 5.92 Å². The normalized spacial score (nSPS) is 21.2. The summed E-state index contributed by atoms with van der Waals surface area (Å²) in [5.74, 6) is 1.14. The van der Waals surface area contributed by atoms with E-state index in [2.05, 4.69) is 0 Å². The van der Waals surface area contributed by atoms with E-state index in [0.29, 0.717) is 19.7 Å². The van der Waals surface area contributed by atoms with Gasteiger partial charge in [-0.25, -0.2) is 4.79 Å². The SMILES string of the molecule is Cc1cccc(OC2CCN(C(=O)CN3C(=O)OC[C@@H]3C(C)C)CC2)c1. The van der Waals surface area contributed by atoms with Crippen molar-refractivity contribution in [1.29, 1.82) is 0 Å². The van der Waals surface area contributed by atoms with Crippen LogP contribution in [-0.4, -0.2) is 60.2 Å². The molecule has 3 rings (SSSR count). The summed E-state index contributed by atoms with van der Waals surface area (Å²) in [5, 5.41) is 0. The van der Waals surface area contributed by atoms with E-state index in [0.717, 1.165) is 18.6 Å². The van der Waals surface area contributed by atoms with Gasteiger partial charge in [-0.15, -0.1) is 0 Å². The van der Waals surface area contributed by atoms with Gasteiger partial charge in [-0.2, -0.15) is 0 Å². The second-order valence-electron chi connectivity index (χ2n) is 7.53. The number of cyclic esters (lactones) is 1. The average molecular weight is 360 g/mol. The third-order valence-electron chi connectivity index (χ3n) is 5.17. The van der Waals surface area contributed by atoms with Gasteiger partial charge in [-0.3, -0.25) is 9.69 Å². The van der Waals surface area contributed by atoms with Crippen molar-refractivity contribution >= 4 is 12.0 Å². The lowest BCUT2D eigenvalue weighted by molar-refractivity contribution is -0.134. The molecule has 2 saturated heterocycles. The monoisotopic (exact) mass is 360 g/mol. The molecule has 26 heavy (non-hydrogen) atoms. The molecule has 0 bridgehead atoms. The first-order chi connectivity index (χ1) is 12.4. The fourth-order valence-electron chi connectivity index (χ4n) is 3.55. The summed E-state index contributed by atoms with van der Waals surface area (Å²) < 4.78 is 11.2. The summed E-state index contributed by atoms with van der Waals surface area (Å²) in [6, 6.07) is 8.01. The Morgan fingerprint density at radius 1 is 1.31 bits per heavy atom. The molecule has 0 saturated carbocycles. The van der Waals surface area contributed by atoms with Gasteiger partial charge in [0.2, 0.25) is 5.91 Å². The summed E-state index contributed by atoms with van der Waals surface area (Å²) in [5.41, 5.74) is 1.17. The highest BCUT2D eigenvalue weighted by Crippen LogP contribution is 2.22. The molecule has 6 heteroatoms. The maximum absolute atomic E-state index is 12.6. The number of likely N-dealkylation sites (tertiary alicyclic amines) is 1. The van der Waals surface area contributed by atoms with Gasteiger partial charge in [0.25, 0.3) is 0 Å². The highest BCUT2D eigenvalue weighted by Gasteiger charge is 2.37. The molecule has 6 nitrogen and oxygen atoms in total. The predicted molar refractivity (Wildman–Crippen MR) is 98.1 cm³/mol. The Morgan fingerprint density at radius 3 is 2.69 bits per heavy atom. The molecule has 0 radical (unpaired) electrons. The van der Waals surface area contributed by atoms with Gasteiger partial charge in [-0.1, -0.05) is 26.0 Å². The number of ether oxygens (including phenoxy) is 2. The van der Waals surface area contributed by atoms with E-state index in [1.807, 2.05) is 49.9 Å². The van der Waals surface area contributed by atoms with E-state index in [-0.39, 0.29) is 36.6 Å². The zero-order valence-corrected chi connectivity index (χ0v) is 15.8. The van der Waals surface area contributed by atoms with Crippen LogP contribution in [0.2, 0.25) is 0 Å². The lowest BCUT2D eigenvalue weighted by Crippen LogP contribution is -2.48. The van der Waals surface area contributed by atoms with E-state index in [1.54, 1.807) is 4.90 Å². The molecule has 142 valence electrons. The third kappa shape index (κ3) is 4.29. The van der Waals surface area contributed by atoms with Gasteiger partial charge in [0, 0.05) is 25.9 Å². The largest absolute Gasteiger partial charge is 0.490 e. The van der Waals surface area contributed by atoms with Crippen molar-refractivity contribution in [1.82, 2.24) is 9.80 Å². The minimum Gasteiger partial charge on any atom is -0.490 e. The summed E-state index contributed by atoms with van der Waals surface area (Å²) in [6.45, 7) is 7.91. The predicted octanol–water partition coefficient (Wildman–Crippen LogP) is 2.84. The van der Waals surface area contributed by atoms with Crippen LogP contribution < -0.4 is 4.74 Å². The smallest absolute Gasteiger partial charge is 0.410 e. The molecule has 2 aliphatic heterocycles. The third-order valence-corrected chi connectivity index (χ3v) is 5.17. The number of carbonyl (C=O) groups is 2. The van der Waals surface area contributed by atoms with Gasteiger partial charge in [-0.05, 0) is 30.5 Å². The average Bonchev–Trinajstić information content (AvgIpc) is 2.96. The molecule has 2 fully saturated rings. The van der Waals surface area contributed by atoms with Crippen LogP contribution in [0.5, 0.6) is 5.75 Å². The number of piperidine rings is 1. The van der Waals surface area contributed by atoms with E-state index >= 15 is 0 Å². The summed E-state index contributed by atoms with van der Waals surface area (Å²) in [6.07, 6.45) is 1.35. The quantitative estimate of drug-likeness (QED) is 0.810. The van der Waals surface area contributed by atoms with Crippen molar-refractivity contribution < 1.29 is 19.1 Å². The lowest BCUT2D eigenvalue weighted by Gasteiger charge is -2.34. The number of carbonyl (C=O) groups excluding carboxylic acids is 2. The number of rotatable bonds is 5. The molecule has 1 aromatic carbocycles. The Morgan fingerprint density at radius 2 is 2.04 bits per heavy atom. The molecule has 0 unspecified atom stereocenters. The van der Waals surface area contributed by atoms with Crippen LogP contribution in [0.3, 0.4) is 0 Å². The van der Waals surface area contributed by atoms with Crippen molar-refractivity contribution in [3.63, 3.8) is 0 Å². The number of aryl methyl sites for hydroxylation is 1. The Bertz CT molecular complexity index is 653. The number of hydrogen-bond acceptors (Lipinski definition) is 4. The maximum atomic E-state index is 12.6. The van der Waals surface area contributed by atoms with Crippen LogP contribution in [0.1, 0.15) is 32.3 Å². The Hall–Kier alpha value is -2.24. The van der Waals surface area contributed by atoms with Crippen LogP contribution in [0.25, 0.3) is 0 Å². The molecule has 0 spiro atoms. The molecule has 1 atom stereocenters. The zero-order valence-electron chi connectivity index (χ0n) is 15.8. The topological polar surface area (TPSA) is 59.1 Å². The van der Waals surface area contributed by atoms with Crippen LogP contribution in [0, 0.1) is 12.8 Å². The lowest BCUT2D eigenvalue weighted by atomic mass is 10.0. The summed E-state index contributed by atoms with van der Waals surface area (Å²) in [7, 11) is 0. The molecular weight excluding hydrogens is 332 g/mol. The fourth-order valence-corrected chi connectivity index (χ4v) is 3.55. The summed E-state index contributed by atoms with van der Waals surface area (Å²) >= 11 is 0. The first-order valence-electron chi connectivity index (χ1n) is 9.38. The first-order valence-corrected chi connectivity index (χ1v) is 9.38. The van der Waals surface area contributed by atoms with Gasteiger partial charge in [0.05, 0.1) is 6.04 Å². The van der Waals surface area contributed by atoms with E-state index < -0.39 is 0 Å². The molecule has 0 N–H and O–H groups in total. The van der Waals surface area contributed by atoms with Crippen molar-refractivity contribution in [2.75, 3.05) is 26.2 Å². The number of benzene rings is 1. The molecule has 2 heterocycles. The van der Waals surface area contributed by atoms with Gasteiger partial charge >= 0.3 is 6.09 Å². The zero-order chi connectivity index (χ0) is 18.7. The highest BCUT2D eigenvalue weighted by molar-refractivity contribution is 5.83. The Balaban J connectivity index is 1.50. The van der Waals surface area contributed by atoms with Gasteiger partial charge in [0.1, 0.15) is 25.0 Å². The minimum atomic E-state index is -0.380. The Labute approximate surface area is 155 Å². The van der Waals surface area contributed by atoms with E-state index in [1.165, 1.54) is 5.56 Å². The van der Waals surface area contributed by atoms with Crippen LogP contribution in [0.4, 0.5) is 4.79 Å². The molecular formula is C20H28N2O4. The second-order valence-corrected chi connectivity index (χ2v) is 7.53. The first kappa shape index (κ1) is 18.5. The number of amides is 2. The Kier molecular flexibility index (Phi) is 5.69. The van der Waals surface area contributed by atoms with Gasteiger partial charge < -0.3 is 14.4 Å². The van der Waals surface area contributed by atoms with Crippen molar-refractivity contribution in [2.45, 2.75) is 45.8 Å². The molecule has 2 amide bonds. The number of nitrogens with zero attached hydrogens (tertiary/aromatic N) is 2. The molecule has 0 aliphatic carbocycles. The van der Waals surface area contributed by atoms with Crippen LogP contribution >= 0.6 is 0 Å². The van der Waals surface area contributed by atoms with Gasteiger partial charge in [0.15, 0.2) is 0 Å². The fraction of sp³-hybridized carbons (Fsp3) is 0.600. The van der Waals surface area contributed by atoms with Crippen molar-refractivity contribution in [3.05, 3.63) is 29.8 Å². The maximum Gasteiger partial charge on any atom is 0.410 e. The van der Waals surface area contributed by atoms with Crippen molar-refractivity contribution in [3.8, 4) is 5.75 Å². The highest BCUT2D eigenvalue weighted by atomic mass is 16.6. The standard InChI is InChI=1S/C20H28N2O4/c1-14(2)18-13-25-20(24)22(18)12-19(23)21-9-7-16(8-10-21)26-17-6-4-5-15(3)11-17/h4-6,11,14,16,18H,7-10,12-13H2,1-3H3/t18-/m1/s1. The van der Waals surface area contributed by atoms with E-state index in [9.17, 15) is 9.59 Å². The minimum absolute atomic E-state index is 0.0106. The summed E-state index contributed by atoms with van der Waals surface area (Å²) in [4.78, 5) is 27.9. The number of hydrogen-bond donors (Lipinski definition) is 0. The van der Waals surface area contributed by atoms with Crippen LogP contribution in [0.15, 0.2) is 24.3 Å². The molecule has 1 aromatic rings. The molecule has 0 aromatic heterocycles. The van der Waals surface area contributed by atoms with E-state index in [4.69, 9.17) is 9.47 Å². The second kappa shape index (κ2) is 7.98.